The number of benzene rings is 1. The molecule has 1 fully saturated rings. The van der Waals surface area contributed by atoms with Crippen molar-refractivity contribution >= 4 is 29.0 Å². The van der Waals surface area contributed by atoms with Crippen LogP contribution < -0.4 is 10.9 Å². The van der Waals surface area contributed by atoms with Gasteiger partial charge in [-0.2, -0.15) is 0 Å². The Hall–Kier alpha value is -1.99. The minimum absolute atomic E-state index is 0.0501. The van der Waals surface area contributed by atoms with Gasteiger partial charge >= 0.3 is 0 Å². The first-order chi connectivity index (χ1) is 13.5. The fraction of sp³-hybridized carbons (Fsp3) is 0.571. The number of hydrogen-bond donors (Lipinski definition) is 2. The summed E-state index contributed by atoms with van der Waals surface area (Å²) in [7, 11) is 2.13. The Kier molecular flexibility index (Phi) is 7.02. The van der Waals surface area contributed by atoms with E-state index in [0.29, 0.717) is 41.8 Å². The predicted molar refractivity (Wildman–Crippen MR) is 115 cm³/mol. The van der Waals surface area contributed by atoms with Crippen molar-refractivity contribution < 1.29 is 4.79 Å². The molecule has 0 bridgehead atoms. The van der Waals surface area contributed by atoms with E-state index < -0.39 is 0 Å². The molecule has 1 atom stereocenters. The molecule has 6 nitrogen and oxygen atoms in total. The summed E-state index contributed by atoms with van der Waals surface area (Å²) < 4.78 is 2.07. The maximum absolute atomic E-state index is 12.6. The van der Waals surface area contributed by atoms with Crippen molar-refractivity contribution in [3.05, 3.63) is 39.4 Å². The van der Waals surface area contributed by atoms with Crippen molar-refractivity contribution in [2.45, 2.75) is 64.1 Å². The van der Waals surface area contributed by atoms with Crippen LogP contribution in [0.2, 0.25) is 0 Å². The third-order valence-electron chi connectivity index (χ3n) is 5.59. The number of unbranched alkanes of at least 4 members (excludes halogenated alkanes) is 2. The molecule has 152 valence electrons. The van der Waals surface area contributed by atoms with Gasteiger partial charge in [0.1, 0.15) is 0 Å². The summed E-state index contributed by atoms with van der Waals surface area (Å²) in [6.07, 6.45) is 5.61. The van der Waals surface area contributed by atoms with Crippen LogP contribution in [0.25, 0.3) is 10.9 Å². The number of rotatable bonds is 10. The molecule has 2 aromatic rings. The quantitative estimate of drug-likeness (QED) is 0.473. The van der Waals surface area contributed by atoms with Gasteiger partial charge in [-0.05, 0) is 64.0 Å². The number of carbonyl (C=O) groups is 1. The van der Waals surface area contributed by atoms with E-state index >= 15 is 0 Å². The summed E-state index contributed by atoms with van der Waals surface area (Å²) in [6.45, 7) is 3.43. The molecule has 1 aliphatic carbocycles. The average Bonchev–Trinajstić information content (AvgIpc) is 3.52. The number of hydrogen-bond acceptors (Lipinski definition) is 4. The Morgan fingerprint density at radius 2 is 2.07 bits per heavy atom. The lowest BCUT2D eigenvalue weighted by Crippen LogP contribution is -2.41. The molecule has 1 unspecified atom stereocenters. The smallest absolute Gasteiger partial charge is 0.262 e. The normalized spacial score (nSPS) is 15.1. The van der Waals surface area contributed by atoms with Gasteiger partial charge in [0.25, 0.3) is 5.56 Å². The zero-order valence-corrected chi connectivity index (χ0v) is 17.6. The Morgan fingerprint density at radius 3 is 2.82 bits per heavy atom. The summed E-state index contributed by atoms with van der Waals surface area (Å²) >= 11 is 5.33. The van der Waals surface area contributed by atoms with Gasteiger partial charge in [0.2, 0.25) is 5.91 Å². The number of amides is 1. The van der Waals surface area contributed by atoms with E-state index in [9.17, 15) is 9.59 Å². The van der Waals surface area contributed by atoms with Crippen LogP contribution in [0.5, 0.6) is 0 Å². The van der Waals surface area contributed by atoms with Gasteiger partial charge in [-0.25, -0.2) is 0 Å². The fourth-order valence-electron chi connectivity index (χ4n) is 3.47. The van der Waals surface area contributed by atoms with Crippen LogP contribution in [0, 0.1) is 4.77 Å². The van der Waals surface area contributed by atoms with E-state index in [2.05, 4.69) is 29.2 Å². The van der Waals surface area contributed by atoms with Gasteiger partial charge < -0.3 is 10.3 Å². The van der Waals surface area contributed by atoms with E-state index in [-0.39, 0.29) is 11.5 Å². The number of para-hydroxylation sites is 1. The molecule has 0 spiro atoms. The molecule has 28 heavy (non-hydrogen) atoms. The van der Waals surface area contributed by atoms with Crippen LogP contribution in [0.1, 0.15) is 45.4 Å². The molecule has 0 saturated heterocycles. The molecule has 1 heterocycles. The highest BCUT2D eigenvalue weighted by atomic mass is 32.1. The highest BCUT2D eigenvalue weighted by Gasteiger charge is 2.29. The third kappa shape index (κ3) is 5.29. The predicted octanol–water partition coefficient (Wildman–Crippen LogP) is 3.22. The lowest BCUT2D eigenvalue weighted by Gasteiger charge is -2.24. The second-order valence-corrected chi connectivity index (χ2v) is 8.18. The van der Waals surface area contributed by atoms with E-state index in [1.807, 2.05) is 24.3 Å². The van der Waals surface area contributed by atoms with Crippen molar-refractivity contribution in [1.29, 1.82) is 0 Å². The Morgan fingerprint density at radius 1 is 1.32 bits per heavy atom. The molecule has 1 amide bonds. The summed E-state index contributed by atoms with van der Waals surface area (Å²) in [4.78, 5) is 30.1. The first kappa shape index (κ1) is 20.7. The molecule has 7 heteroatoms. The molecule has 1 aromatic heterocycles. The van der Waals surface area contributed by atoms with Crippen molar-refractivity contribution in [2.24, 2.45) is 0 Å². The minimum Gasteiger partial charge on any atom is -0.355 e. The number of carbonyl (C=O) groups excluding carboxylic acids is 1. The van der Waals surface area contributed by atoms with E-state index in [1.54, 1.807) is 4.57 Å². The van der Waals surface area contributed by atoms with Crippen LogP contribution in [0.4, 0.5) is 0 Å². The lowest BCUT2D eigenvalue weighted by atomic mass is 10.2. The molecule has 0 aliphatic heterocycles. The summed E-state index contributed by atoms with van der Waals surface area (Å²) in [6, 6.07) is 8.49. The minimum atomic E-state index is -0.0501. The maximum atomic E-state index is 12.6. The second-order valence-electron chi connectivity index (χ2n) is 7.79. The van der Waals surface area contributed by atoms with Crippen molar-refractivity contribution in [3.8, 4) is 0 Å². The highest BCUT2D eigenvalue weighted by Crippen LogP contribution is 2.26. The van der Waals surface area contributed by atoms with Crippen molar-refractivity contribution in [3.63, 3.8) is 0 Å². The lowest BCUT2D eigenvalue weighted by molar-refractivity contribution is -0.121. The number of aromatic amines is 1. The van der Waals surface area contributed by atoms with Crippen LogP contribution in [-0.2, 0) is 11.3 Å². The molecule has 0 radical (unpaired) electrons. The largest absolute Gasteiger partial charge is 0.355 e. The molecule has 1 saturated carbocycles. The van der Waals surface area contributed by atoms with Gasteiger partial charge in [-0.3, -0.25) is 19.1 Å². The number of H-pyrrole nitrogens is 1. The first-order valence-corrected chi connectivity index (χ1v) is 10.6. The zero-order chi connectivity index (χ0) is 20.1. The van der Waals surface area contributed by atoms with Crippen LogP contribution in [-0.4, -0.2) is 46.0 Å². The average molecular weight is 403 g/mol. The molecule has 1 aliphatic rings. The Balaban J connectivity index is 1.39. The third-order valence-corrected chi connectivity index (χ3v) is 5.91. The number of likely N-dealkylation sites (N-methyl/N-ethyl adjacent to an activating group) is 1. The van der Waals surface area contributed by atoms with Crippen molar-refractivity contribution in [2.75, 3.05) is 13.6 Å². The molecule has 2 N–H and O–H groups in total. The van der Waals surface area contributed by atoms with Crippen LogP contribution in [0.15, 0.2) is 29.1 Å². The van der Waals surface area contributed by atoms with Crippen LogP contribution in [0.3, 0.4) is 0 Å². The van der Waals surface area contributed by atoms with E-state index in [1.165, 1.54) is 12.8 Å². The van der Waals surface area contributed by atoms with E-state index in [0.717, 1.165) is 24.8 Å². The van der Waals surface area contributed by atoms with Crippen LogP contribution >= 0.6 is 12.2 Å². The summed E-state index contributed by atoms with van der Waals surface area (Å²) in [5.41, 5.74) is 0.720. The first-order valence-electron chi connectivity index (χ1n) is 10.2. The Labute approximate surface area is 170 Å². The SMILES string of the molecule is CC(CNC(=O)CCCCCn1c(=S)[nH]c2ccccc2c1=O)N(C)C1CC1. The number of fused-ring (bicyclic) bond motifs is 1. The molecular weight excluding hydrogens is 372 g/mol. The summed E-state index contributed by atoms with van der Waals surface area (Å²) in [5.74, 6) is 0.108. The van der Waals surface area contributed by atoms with E-state index in [4.69, 9.17) is 12.2 Å². The Bertz CT molecular complexity index is 932. The molecule has 1 aromatic carbocycles. The number of nitrogens with one attached hydrogen (secondary N) is 2. The van der Waals surface area contributed by atoms with Gasteiger partial charge in [0, 0.05) is 31.6 Å². The van der Waals surface area contributed by atoms with Gasteiger partial charge in [-0.15, -0.1) is 0 Å². The zero-order valence-electron chi connectivity index (χ0n) is 16.7. The van der Waals surface area contributed by atoms with Gasteiger partial charge in [-0.1, -0.05) is 18.6 Å². The van der Waals surface area contributed by atoms with Gasteiger partial charge in [0.15, 0.2) is 4.77 Å². The maximum Gasteiger partial charge on any atom is 0.262 e. The van der Waals surface area contributed by atoms with Crippen molar-refractivity contribution in [1.82, 2.24) is 19.8 Å². The molecular formula is C21H30N4O2S. The highest BCUT2D eigenvalue weighted by molar-refractivity contribution is 7.71. The number of nitrogens with zero attached hydrogens (tertiary/aromatic N) is 2. The second kappa shape index (κ2) is 9.47. The summed E-state index contributed by atoms with van der Waals surface area (Å²) in [5, 5.41) is 3.69. The van der Waals surface area contributed by atoms with Gasteiger partial charge in [0.05, 0.1) is 10.9 Å². The topological polar surface area (TPSA) is 70.1 Å². The number of aromatic nitrogens is 2. The molecule has 3 rings (SSSR count). The fourth-order valence-corrected chi connectivity index (χ4v) is 3.75. The monoisotopic (exact) mass is 402 g/mol. The standard InChI is InChI=1S/C21H30N4O2S/c1-15(24(2)16-11-12-16)14-22-19(26)10-4-3-7-13-25-20(27)17-8-5-6-9-18(17)23-21(25)28/h5-6,8-9,15-16H,3-4,7,10-14H2,1-2H3,(H,22,26)(H,23,28).